The van der Waals surface area contributed by atoms with E-state index in [0.29, 0.717) is 12.5 Å². The van der Waals surface area contributed by atoms with Gasteiger partial charge in [0.2, 0.25) is 0 Å². The molecule has 0 bridgehead atoms. The standard InChI is InChI=1S/C20H32N4/c1-14(2)20(18-7-5-16(11-21)6-8-18)24-23-12-17-9-15(3)19(10-17)13-22-4/h5-8,12,15,17,19,22,24H,9-11,13,21H2,1-4H3/b23-12-. The number of hydrazone groups is 1. The summed E-state index contributed by atoms with van der Waals surface area (Å²) in [4.78, 5) is 0. The molecule has 1 aromatic carbocycles. The third kappa shape index (κ3) is 4.92. The van der Waals surface area contributed by atoms with Crippen molar-refractivity contribution in [1.29, 1.82) is 0 Å². The molecule has 24 heavy (non-hydrogen) atoms. The van der Waals surface area contributed by atoms with Crippen molar-refractivity contribution in [2.24, 2.45) is 28.6 Å². The highest BCUT2D eigenvalue weighted by atomic mass is 15.3. The smallest absolute Gasteiger partial charge is 0.0620 e. The monoisotopic (exact) mass is 328 g/mol. The Morgan fingerprint density at radius 3 is 2.54 bits per heavy atom. The normalized spacial score (nSPS) is 23.6. The molecule has 1 aliphatic rings. The predicted octanol–water partition coefficient (Wildman–Crippen LogP) is 3.35. The molecule has 1 aliphatic carbocycles. The largest absolute Gasteiger partial charge is 0.326 e. The van der Waals surface area contributed by atoms with Gasteiger partial charge < -0.3 is 11.1 Å². The molecule has 3 atom stereocenters. The van der Waals surface area contributed by atoms with E-state index >= 15 is 0 Å². The summed E-state index contributed by atoms with van der Waals surface area (Å²) < 4.78 is 0. The minimum atomic E-state index is 0.573. The molecule has 1 saturated carbocycles. The molecule has 0 saturated heterocycles. The zero-order valence-corrected chi connectivity index (χ0v) is 15.5. The van der Waals surface area contributed by atoms with Crippen LogP contribution in [0.1, 0.15) is 44.7 Å². The summed E-state index contributed by atoms with van der Waals surface area (Å²) in [6, 6.07) is 8.36. The van der Waals surface area contributed by atoms with E-state index in [1.165, 1.54) is 18.4 Å². The summed E-state index contributed by atoms with van der Waals surface area (Å²) in [5.74, 6) is 2.10. The second kappa shape index (κ2) is 9.00. The molecule has 0 aliphatic heterocycles. The Balaban J connectivity index is 1.98. The van der Waals surface area contributed by atoms with Gasteiger partial charge in [0.15, 0.2) is 0 Å². The second-order valence-electron chi connectivity index (χ2n) is 7.19. The third-order valence-electron chi connectivity index (χ3n) is 4.99. The van der Waals surface area contributed by atoms with Crippen LogP contribution in [0, 0.1) is 17.8 Å². The fourth-order valence-corrected chi connectivity index (χ4v) is 3.54. The van der Waals surface area contributed by atoms with Gasteiger partial charge in [-0.3, -0.25) is 5.43 Å². The topological polar surface area (TPSA) is 62.4 Å². The van der Waals surface area contributed by atoms with E-state index in [0.717, 1.165) is 35.2 Å². The van der Waals surface area contributed by atoms with E-state index < -0.39 is 0 Å². The predicted molar refractivity (Wildman–Crippen MR) is 104 cm³/mol. The lowest BCUT2D eigenvalue weighted by molar-refractivity contribution is 0.405. The van der Waals surface area contributed by atoms with Crippen LogP contribution in [0.15, 0.2) is 34.9 Å². The maximum Gasteiger partial charge on any atom is 0.0620 e. The zero-order chi connectivity index (χ0) is 17.5. The van der Waals surface area contributed by atoms with Gasteiger partial charge in [0.1, 0.15) is 0 Å². The van der Waals surface area contributed by atoms with Gasteiger partial charge in [-0.15, -0.1) is 0 Å². The van der Waals surface area contributed by atoms with E-state index in [1.54, 1.807) is 0 Å². The lowest BCUT2D eigenvalue weighted by atomic mass is 9.98. The number of benzene rings is 1. The van der Waals surface area contributed by atoms with Gasteiger partial charge in [-0.25, -0.2) is 0 Å². The molecule has 4 N–H and O–H groups in total. The van der Waals surface area contributed by atoms with E-state index in [-0.39, 0.29) is 0 Å². The Kier molecular flexibility index (Phi) is 7.00. The first-order valence-corrected chi connectivity index (χ1v) is 8.95. The van der Waals surface area contributed by atoms with Crippen molar-refractivity contribution in [1.82, 2.24) is 10.7 Å². The SMILES string of the molecule is CNCC1CC(/C=N\NC(=C(C)C)c2ccc(CN)cc2)CC1C. The molecule has 4 nitrogen and oxygen atoms in total. The maximum absolute atomic E-state index is 5.67. The third-order valence-corrected chi connectivity index (χ3v) is 4.99. The van der Waals surface area contributed by atoms with Crippen LogP contribution in [-0.2, 0) is 6.54 Å². The molecule has 2 rings (SSSR count). The van der Waals surface area contributed by atoms with E-state index in [2.05, 4.69) is 67.1 Å². The van der Waals surface area contributed by atoms with Gasteiger partial charge >= 0.3 is 0 Å². The molecule has 0 heterocycles. The Hall–Kier alpha value is -1.65. The summed E-state index contributed by atoms with van der Waals surface area (Å²) >= 11 is 0. The van der Waals surface area contributed by atoms with Crippen molar-refractivity contribution in [3.8, 4) is 0 Å². The van der Waals surface area contributed by atoms with Crippen LogP contribution in [0.4, 0.5) is 0 Å². The van der Waals surface area contributed by atoms with Crippen molar-refractivity contribution in [2.45, 2.75) is 40.2 Å². The number of nitrogens with two attached hydrogens (primary N) is 1. The zero-order valence-electron chi connectivity index (χ0n) is 15.5. The van der Waals surface area contributed by atoms with Gasteiger partial charge in [0.25, 0.3) is 0 Å². The van der Waals surface area contributed by atoms with Crippen LogP contribution in [0.25, 0.3) is 5.70 Å². The van der Waals surface area contributed by atoms with Gasteiger partial charge in [0.05, 0.1) is 5.70 Å². The first kappa shape index (κ1) is 18.7. The molecule has 1 aromatic rings. The number of hydrogen-bond donors (Lipinski definition) is 3. The summed E-state index contributed by atoms with van der Waals surface area (Å²) in [5, 5.41) is 7.85. The first-order valence-electron chi connectivity index (χ1n) is 8.95. The quantitative estimate of drug-likeness (QED) is 0.531. The van der Waals surface area contributed by atoms with Crippen molar-refractivity contribution in [3.05, 3.63) is 41.0 Å². The minimum Gasteiger partial charge on any atom is -0.326 e. The Labute approximate surface area is 146 Å². The van der Waals surface area contributed by atoms with E-state index in [9.17, 15) is 0 Å². The number of nitrogens with zero attached hydrogens (tertiary/aromatic N) is 1. The van der Waals surface area contributed by atoms with Crippen molar-refractivity contribution >= 4 is 11.9 Å². The van der Waals surface area contributed by atoms with Crippen LogP contribution in [0.5, 0.6) is 0 Å². The van der Waals surface area contributed by atoms with Crippen molar-refractivity contribution in [2.75, 3.05) is 13.6 Å². The lowest BCUT2D eigenvalue weighted by Crippen LogP contribution is -2.20. The lowest BCUT2D eigenvalue weighted by Gasteiger charge is -2.13. The van der Waals surface area contributed by atoms with Crippen LogP contribution in [-0.4, -0.2) is 19.8 Å². The summed E-state index contributed by atoms with van der Waals surface area (Å²) in [7, 11) is 2.03. The summed E-state index contributed by atoms with van der Waals surface area (Å²) in [6.45, 7) is 8.24. The molecule has 0 amide bonds. The number of nitrogens with one attached hydrogen (secondary N) is 2. The fourth-order valence-electron chi connectivity index (χ4n) is 3.54. The molecule has 3 unspecified atom stereocenters. The second-order valence-corrected chi connectivity index (χ2v) is 7.19. The van der Waals surface area contributed by atoms with E-state index in [1.807, 2.05) is 7.05 Å². The van der Waals surface area contributed by atoms with Gasteiger partial charge in [-0.2, -0.15) is 5.10 Å². The highest BCUT2D eigenvalue weighted by Gasteiger charge is 2.29. The molecular weight excluding hydrogens is 296 g/mol. The average molecular weight is 329 g/mol. The molecule has 1 fully saturated rings. The van der Waals surface area contributed by atoms with Crippen LogP contribution < -0.4 is 16.5 Å². The van der Waals surface area contributed by atoms with Crippen molar-refractivity contribution in [3.63, 3.8) is 0 Å². The Morgan fingerprint density at radius 2 is 1.96 bits per heavy atom. The number of hydrogen-bond acceptors (Lipinski definition) is 4. The number of allylic oxidation sites excluding steroid dienone is 1. The molecule has 4 heteroatoms. The summed E-state index contributed by atoms with van der Waals surface area (Å²) in [6.07, 6.45) is 4.55. The average Bonchev–Trinajstić information content (AvgIpc) is 2.92. The van der Waals surface area contributed by atoms with Gasteiger partial charge in [0, 0.05) is 12.8 Å². The Morgan fingerprint density at radius 1 is 1.25 bits per heavy atom. The van der Waals surface area contributed by atoms with Gasteiger partial charge in [-0.1, -0.05) is 36.8 Å². The summed E-state index contributed by atoms with van der Waals surface area (Å²) in [5.41, 5.74) is 13.5. The fraction of sp³-hybridized carbons (Fsp3) is 0.550. The minimum absolute atomic E-state index is 0.573. The molecular formula is C20H32N4. The molecule has 132 valence electrons. The van der Waals surface area contributed by atoms with Gasteiger partial charge in [-0.05, 0) is 69.2 Å². The molecule has 0 aromatic heterocycles. The Bertz CT molecular complexity index is 570. The highest BCUT2D eigenvalue weighted by molar-refractivity contribution is 5.68. The molecule has 0 spiro atoms. The van der Waals surface area contributed by atoms with Crippen molar-refractivity contribution < 1.29 is 0 Å². The first-order chi connectivity index (χ1) is 11.5. The highest BCUT2D eigenvalue weighted by Crippen LogP contribution is 2.34. The molecule has 0 radical (unpaired) electrons. The van der Waals surface area contributed by atoms with Crippen LogP contribution in [0.2, 0.25) is 0 Å². The van der Waals surface area contributed by atoms with Crippen LogP contribution in [0.3, 0.4) is 0 Å². The maximum atomic E-state index is 5.67. The van der Waals surface area contributed by atoms with E-state index in [4.69, 9.17) is 5.73 Å². The van der Waals surface area contributed by atoms with Crippen LogP contribution >= 0.6 is 0 Å². The number of rotatable bonds is 7.